The molecule has 1 aliphatic heterocycles. The predicted molar refractivity (Wildman–Crippen MR) is 62.0 cm³/mol. The molecule has 0 aromatic rings. The lowest BCUT2D eigenvalue weighted by atomic mass is 10.2. The lowest BCUT2D eigenvalue weighted by Crippen LogP contribution is -2.57. The number of amides is 1. The molecule has 0 aliphatic carbocycles. The molecule has 1 rings (SSSR count). The Kier molecular flexibility index (Phi) is 4.69. The molecular formula is C9H19N3O3S. The molecule has 0 bridgehead atoms. The van der Waals surface area contributed by atoms with E-state index in [9.17, 15) is 13.2 Å². The van der Waals surface area contributed by atoms with Gasteiger partial charge in [0.05, 0.1) is 11.8 Å². The van der Waals surface area contributed by atoms with Crippen molar-refractivity contribution in [1.29, 1.82) is 0 Å². The Morgan fingerprint density at radius 2 is 2.19 bits per heavy atom. The van der Waals surface area contributed by atoms with Gasteiger partial charge in [0.15, 0.2) is 0 Å². The monoisotopic (exact) mass is 249 g/mol. The summed E-state index contributed by atoms with van der Waals surface area (Å²) in [5.74, 6) is -0.179. The Bertz CT molecular complexity index is 336. The molecule has 94 valence electrons. The van der Waals surface area contributed by atoms with Crippen LogP contribution in [0.25, 0.3) is 0 Å². The van der Waals surface area contributed by atoms with Crippen LogP contribution < -0.4 is 16.0 Å². The van der Waals surface area contributed by atoms with Gasteiger partial charge in [-0.3, -0.25) is 4.79 Å². The Morgan fingerprint density at radius 3 is 2.69 bits per heavy atom. The summed E-state index contributed by atoms with van der Waals surface area (Å²) in [5.41, 5.74) is 0. The second kappa shape index (κ2) is 5.60. The zero-order valence-corrected chi connectivity index (χ0v) is 10.4. The number of hydrogen-bond acceptors (Lipinski definition) is 5. The molecule has 1 amide bonds. The second-order valence-electron chi connectivity index (χ2n) is 4.21. The fraction of sp³-hybridized carbons (Fsp3) is 0.889. The summed E-state index contributed by atoms with van der Waals surface area (Å²) in [7, 11) is -3.05. The third kappa shape index (κ3) is 4.91. The van der Waals surface area contributed by atoms with E-state index in [1.165, 1.54) is 0 Å². The number of hydrogen-bond donors (Lipinski definition) is 3. The van der Waals surface area contributed by atoms with E-state index in [0.29, 0.717) is 6.54 Å². The Hall–Kier alpha value is -0.660. The first-order valence-electron chi connectivity index (χ1n) is 5.30. The second-order valence-corrected chi connectivity index (χ2v) is 6.40. The molecule has 7 heteroatoms. The van der Waals surface area contributed by atoms with Crippen LogP contribution in [0.15, 0.2) is 0 Å². The average Bonchev–Trinajstić information content (AvgIpc) is 2.16. The molecule has 0 aromatic carbocycles. The quantitative estimate of drug-likeness (QED) is 0.541. The van der Waals surface area contributed by atoms with Crippen molar-refractivity contribution in [2.45, 2.75) is 19.0 Å². The third-order valence-corrected chi connectivity index (χ3v) is 3.40. The summed E-state index contributed by atoms with van der Waals surface area (Å²) < 4.78 is 22.0. The van der Waals surface area contributed by atoms with E-state index in [2.05, 4.69) is 16.0 Å². The van der Waals surface area contributed by atoms with Crippen LogP contribution in [0.5, 0.6) is 0 Å². The van der Waals surface area contributed by atoms with Crippen molar-refractivity contribution >= 4 is 15.7 Å². The van der Waals surface area contributed by atoms with Gasteiger partial charge in [0.2, 0.25) is 5.91 Å². The number of rotatable bonds is 4. The highest BCUT2D eigenvalue weighted by molar-refractivity contribution is 7.90. The topological polar surface area (TPSA) is 87.3 Å². The standard InChI is InChI=1S/C9H19N3O3S/c1-7(6-16(2,14)15)12-9(13)8-5-10-3-4-11-8/h7-8,10-11H,3-6H2,1-2H3,(H,12,13). The fourth-order valence-corrected chi connectivity index (χ4v) is 2.67. The van der Waals surface area contributed by atoms with E-state index in [-0.39, 0.29) is 23.7 Å². The van der Waals surface area contributed by atoms with E-state index < -0.39 is 9.84 Å². The van der Waals surface area contributed by atoms with Gasteiger partial charge in [-0.15, -0.1) is 0 Å². The number of carbonyl (C=O) groups is 1. The number of piperazine rings is 1. The van der Waals surface area contributed by atoms with Crippen molar-refractivity contribution in [2.75, 3.05) is 31.6 Å². The zero-order valence-electron chi connectivity index (χ0n) is 9.62. The molecule has 1 fully saturated rings. The van der Waals surface area contributed by atoms with Crippen LogP contribution in [0.2, 0.25) is 0 Å². The molecule has 1 heterocycles. The summed E-state index contributed by atoms with van der Waals surface area (Å²) >= 11 is 0. The van der Waals surface area contributed by atoms with Gasteiger partial charge in [0.1, 0.15) is 9.84 Å². The van der Waals surface area contributed by atoms with Gasteiger partial charge < -0.3 is 16.0 Å². The normalized spacial score (nSPS) is 23.8. The Balaban J connectivity index is 2.38. The van der Waals surface area contributed by atoms with Crippen LogP contribution in [0.1, 0.15) is 6.92 Å². The van der Waals surface area contributed by atoms with Crippen LogP contribution in [0.3, 0.4) is 0 Å². The molecule has 1 aliphatic rings. The Labute approximate surface area is 96.1 Å². The molecule has 0 aromatic heterocycles. The maximum atomic E-state index is 11.7. The summed E-state index contributed by atoms with van der Waals surface area (Å²) in [6, 6.07) is -0.623. The summed E-state index contributed by atoms with van der Waals surface area (Å²) in [4.78, 5) is 11.7. The molecule has 0 radical (unpaired) electrons. The number of nitrogens with one attached hydrogen (secondary N) is 3. The van der Waals surface area contributed by atoms with Gasteiger partial charge >= 0.3 is 0 Å². The van der Waals surface area contributed by atoms with E-state index in [1.807, 2.05) is 0 Å². The molecular weight excluding hydrogens is 230 g/mol. The predicted octanol–water partition coefficient (Wildman–Crippen LogP) is -1.90. The van der Waals surface area contributed by atoms with Crippen molar-refractivity contribution in [2.24, 2.45) is 0 Å². The van der Waals surface area contributed by atoms with E-state index >= 15 is 0 Å². The van der Waals surface area contributed by atoms with Gasteiger partial charge in [-0.25, -0.2) is 8.42 Å². The van der Waals surface area contributed by atoms with Crippen LogP contribution in [-0.2, 0) is 14.6 Å². The number of carbonyl (C=O) groups excluding carboxylic acids is 1. The molecule has 2 atom stereocenters. The first-order valence-corrected chi connectivity index (χ1v) is 7.37. The van der Waals surface area contributed by atoms with E-state index in [0.717, 1.165) is 19.3 Å². The van der Waals surface area contributed by atoms with E-state index in [4.69, 9.17) is 0 Å². The molecule has 1 saturated heterocycles. The first-order chi connectivity index (χ1) is 7.38. The van der Waals surface area contributed by atoms with Crippen molar-refractivity contribution < 1.29 is 13.2 Å². The van der Waals surface area contributed by atoms with Crippen LogP contribution >= 0.6 is 0 Å². The summed E-state index contributed by atoms with van der Waals surface area (Å²) in [6.45, 7) is 3.87. The average molecular weight is 249 g/mol. The highest BCUT2D eigenvalue weighted by atomic mass is 32.2. The molecule has 0 spiro atoms. The van der Waals surface area contributed by atoms with Gasteiger partial charge in [-0.05, 0) is 6.92 Å². The van der Waals surface area contributed by atoms with Crippen LogP contribution in [-0.4, -0.2) is 58.1 Å². The van der Waals surface area contributed by atoms with Gasteiger partial charge in [0.25, 0.3) is 0 Å². The van der Waals surface area contributed by atoms with Gasteiger partial charge in [-0.2, -0.15) is 0 Å². The Morgan fingerprint density at radius 1 is 1.50 bits per heavy atom. The van der Waals surface area contributed by atoms with Crippen LogP contribution in [0, 0.1) is 0 Å². The lowest BCUT2D eigenvalue weighted by molar-refractivity contribution is -0.123. The van der Waals surface area contributed by atoms with Crippen molar-refractivity contribution in [3.63, 3.8) is 0 Å². The van der Waals surface area contributed by atoms with Crippen molar-refractivity contribution in [1.82, 2.24) is 16.0 Å². The number of sulfone groups is 1. The zero-order chi connectivity index (χ0) is 12.2. The minimum absolute atomic E-state index is 0.0289. The lowest BCUT2D eigenvalue weighted by Gasteiger charge is -2.25. The van der Waals surface area contributed by atoms with Gasteiger partial charge in [-0.1, -0.05) is 0 Å². The molecule has 0 saturated carbocycles. The van der Waals surface area contributed by atoms with Crippen LogP contribution in [0.4, 0.5) is 0 Å². The highest BCUT2D eigenvalue weighted by Gasteiger charge is 2.22. The molecule has 6 nitrogen and oxygen atoms in total. The maximum absolute atomic E-state index is 11.7. The first kappa shape index (κ1) is 13.4. The van der Waals surface area contributed by atoms with Gasteiger partial charge in [0, 0.05) is 31.9 Å². The minimum Gasteiger partial charge on any atom is -0.351 e. The largest absolute Gasteiger partial charge is 0.351 e. The van der Waals surface area contributed by atoms with Crippen molar-refractivity contribution in [3.05, 3.63) is 0 Å². The molecule has 16 heavy (non-hydrogen) atoms. The molecule has 3 N–H and O–H groups in total. The maximum Gasteiger partial charge on any atom is 0.238 e. The van der Waals surface area contributed by atoms with Crippen molar-refractivity contribution in [3.8, 4) is 0 Å². The van der Waals surface area contributed by atoms with E-state index in [1.54, 1.807) is 6.92 Å². The fourth-order valence-electron chi connectivity index (χ4n) is 1.68. The minimum atomic E-state index is -3.05. The molecule has 2 unspecified atom stereocenters. The highest BCUT2D eigenvalue weighted by Crippen LogP contribution is 1.93. The summed E-state index contributed by atoms with van der Waals surface area (Å²) in [6.07, 6.45) is 1.16. The SMILES string of the molecule is CC(CS(C)(=O)=O)NC(=O)C1CNCCN1. The smallest absolute Gasteiger partial charge is 0.238 e. The summed E-state index contributed by atoms with van der Waals surface area (Å²) in [5, 5.41) is 8.84. The third-order valence-electron chi connectivity index (χ3n) is 2.30.